The quantitative estimate of drug-likeness (QED) is 0.243. The largest absolute Gasteiger partial charge is 0.507 e. The summed E-state index contributed by atoms with van der Waals surface area (Å²) < 4.78 is 39.0. The molecule has 11 heteroatoms. The van der Waals surface area contributed by atoms with Gasteiger partial charge in [0.2, 0.25) is 0 Å². The predicted molar refractivity (Wildman–Crippen MR) is 108 cm³/mol. The molecule has 144 valence electrons. The maximum Gasteiger partial charge on any atom is 0.188 e. The number of anilines is 4. The fraction of sp³-hybridized carbons (Fsp3) is 0. The average molecular weight is 410 g/mol. The van der Waals surface area contributed by atoms with Crippen LogP contribution < -0.4 is 22.9 Å². The van der Waals surface area contributed by atoms with E-state index in [0.717, 1.165) is 0 Å². The van der Waals surface area contributed by atoms with Crippen molar-refractivity contribution >= 4 is 55.7 Å². The van der Waals surface area contributed by atoms with Gasteiger partial charge in [0.15, 0.2) is 22.2 Å². The molecule has 0 saturated carbocycles. The van der Waals surface area contributed by atoms with Gasteiger partial charge in [-0.1, -0.05) is 6.07 Å². The van der Waals surface area contributed by atoms with E-state index in [9.17, 15) is 13.5 Å². The molecule has 0 radical (unpaired) electrons. The van der Waals surface area contributed by atoms with Gasteiger partial charge in [0, 0.05) is 11.1 Å². The zero-order valence-corrected chi connectivity index (χ0v) is 15.5. The van der Waals surface area contributed by atoms with Crippen molar-refractivity contribution in [3.8, 4) is 5.75 Å². The number of benzene rings is 3. The zero-order chi connectivity index (χ0) is 20.3. The highest BCUT2D eigenvalue weighted by atomic mass is 32.2. The minimum absolute atomic E-state index is 0.120. The highest BCUT2D eigenvalue weighted by Gasteiger charge is 2.11. The van der Waals surface area contributed by atoms with Crippen LogP contribution in [0.25, 0.3) is 10.8 Å². The van der Waals surface area contributed by atoms with Gasteiger partial charge in [-0.15, -0.1) is 0 Å². The maximum absolute atomic E-state index is 10.9. The molecule has 0 fully saturated rings. The Morgan fingerprint density at radius 3 is 1.96 bits per heavy atom. The molecule has 11 N–H and O–H groups in total. The molecule has 9 nitrogen and oxygen atoms in total. The molecule has 0 aliphatic carbocycles. The lowest BCUT2D eigenvalue weighted by molar-refractivity contribution is 0.479. The minimum Gasteiger partial charge on any atom is -0.507 e. The van der Waals surface area contributed by atoms with Gasteiger partial charge >= 0.3 is 0 Å². The maximum atomic E-state index is 10.9. The van der Waals surface area contributed by atoms with Crippen LogP contribution >= 0.6 is 0 Å². The number of hydrogen-bond acceptors (Lipinski definition) is 7. The lowest BCUT2D eigenvalue weighted by atomic mass is 10.1. The first-order chi connectivity index (χ1) is 12.6. The molecule has 0 amide bonds. The average Bonchev–Trinajstić information content (AvgIpc) is 2.60. The van der Waals surface area contributed by atoms with Crippen LogP contribution in [0.1, 0.15) is 0 Å². The molecule has 0 aliphatic heterocycles. The SMILES string of the molecule is Nc1ccc(N)c(S(=O)O)c1.Nc1ccc2cc(S(=O)O)cc(O)c2c1N. The highest BCUT2D eigenvalue weighted by Crippen LogP contribution is 2.35. The second kappa shape index (κ2) is 8.22. The summed E-state index contributed by atoms with van der Waals surface area (Å²) in [6, 6.07) is 10.4. The third-order valence-corrected chi connectivity index (χ3v) is 4.94. The Morgan fingerprint density at radius 2 is 1.41 bits per heavy atom. The number of hydrogen-bond donors (Lipinski definition) is 7. The molecule has 0 aromatic heterocycles. The van der Waals surface area contributed by atoms with Crippen LogP contribution in [0.2, 0.25) is 0 Å². The van der Waals surface area contributed by atoms with E-state index in [4.69, 9.17) is 32.0 Å². The summed E-state index contributed by atoms with van der Waals surface area (Å²) in [5.41, 5.74) is 23.4. The molecule has 0 bridgehead atoms. The van der Waals surface area contributed by atoms with Crippen molar-refractivity contribution in [3.63, 3.8) is 0 Å². The van der Waals surface area contributed by atoms with Gasteiger partial charge < -0.3 is 37.1 Å². The van der Waals surface area contributed by atoms with Crippen LogP contribution in [0, 0.1) is 0 Å². The fourth-order valence-corrected chi connectivity index (χ4v) is 3.21. The summed E-state index contributed by atoms with van der Waals surface area (Å²) in [6.45, 7) is 0. The van der Waals surface area contributed by atoms with Crippen molar-refractivity contribution < 1.29 is 22.6 Å². The summed E-state index contributed by atoms with van der Waals surface area (Å²) in [4.78, 5) is 0.277. The van der Waals surface area contributed by atoms with E-state index in [1.807, 2.05) is 0 Å². The number of aromatic hydroxyl groups is 1. The lowest BCUT2D eigenvalue weighted by Crippen LogP contribution is -1.97. The second-order valence-electron chi connectivity index (χ2n) is 5.40. The number of fused-ring (bicyclic) bond motifs is 1. The van der Waals surface area contributed by atoms with E-state index in [1.165, 1.54) is 24.3 Å². The van der Waals surface area contributed by atoms with Crippen molar-refractivity contribution in [2.24, 2.45) is 0 Å². The Balaban J connectivity index is 0.000000208. The molecule has 0 spiro atoms. The lowest BCUT2D eigenvalue weighted by Gasteiger charge is -2.08. The Labute approximate surface area is 159 Å². The first-order valence-electron chi connectivity index (χ1n) is 7.29. The number of phenolic OH excluding ortho intramolecular Hbond substituents is 1. The predicted octanol–water partition coefficient (Wildman–Crippen LogP) is 1.72. The smallest absolute Gasteiger partial charge is 0.188 e. The molecule has 0 aliphatic rings. The Bertz CT molecular complexity index is 1060. The third-order valence-electron chi connectivity index (χ3n) is 3.57. The van der Waals surface area contributed by atoms with Crippen molar-refractivity contribution in [1.29, 1.82) is 0 Å². The Morgan fingerprint density at radius 1 is 0.778 bits per heavy atom. The normalized spacial score (nSPS) is 12.8. The van der Waals surface area contributed by atoms with Crippen molar-refractivity contribution in [2.75, 3.05) is 22.9 Å². The van der Waals surface area contributed by atoms with Gasteiger partial charge in [-0.25, -0.2) is 8.42 Å². The molecule has 27 heavy (non-hydrogen) atoms. The van der Waals surface area contributed by atoms with E-state index in [-0.39, 0.29) is 26.9 Å². The van der Waals surface area contributed by atoms with E-state index >= 15 is 0 Å². The highest BCUT2D eigenvalue weighted by molar-refractivity contribution is 7.79. The molecule has 0 saturated heterocycles. The van der Waals surface area contributed by atoms with E-state index in [2.05, 4.69) is 0 Å². The van der Waals surface area contributed by atoms with Gasteiger partial charge in [-0.3, -0.25) is 0 Å². The molecule has 3 aromatic carbocycles. The van der Waals surface area contributed by atoms with Gasteiger partial charge in [0.05, 0.1) is 26.9 Å². The van der Waals surface area contributed by atoms with E-state index < -0.39 is 22.2 Å². The summed E-state index contributed by atoms with van der Waals surface area (Å²) >= 11 is -4.20. The van der Waals surface area contributed by atoms with Gasteiger partial charge in [0.1, 0.15) is 5.75 Å². The van der Waals surface area contributed by atoms with Gasteiger partial charge in [-0.2, -0.15) is 0 Å². The summed E-state index contributed by atoms with van der Waals surface area (Å²) in [5.74, 6) is -0.153. The van der Waals surface area contributed by atoms with Crippen molar-refractivity contribution in [1.82, 2.24) is 0 Å². The van der Waals surface area contributed by atoms with Crippen LogP contribution in [-0.4, -0.2) is 22.6 Å². The molecular formula is C16H18N4O5S2. The topological polar surface area (TPSA) is 199 Å². The van der Waals surface area contributed by atoms with Crippen LogP contribution in [0.15, 0.2) is 52.3 Å². The number of rotatable bonds is 2. The van der Waals surface area contributed by atoms with Crippen LogP contribution in [-0.2, 0) is 22.2 Å². The monoisotopic (exact) mass is 410 g/mol. The van der Waals surface area contributed by atoms with Gasteiger partial charge in [-0.05, 0) is 41.8 Å². The van der Waals surface area contributed by atoms with Crippen molar-refractivity contribution in [2.45, 2.75) is 9.79 Å². The van der Waals surface area contributed by atoms with Crippen LogP contribution in [0.4, 0.5) is 22.7 Å². The molecular weight excluding hydrogens is 392 g/mol. The first-order valence-corrected chi connectivity index (χ1v) is 9.50. The molecule has 2 unspecified atom stereocenters. The first kappa shape index (κ1) is 20.5. The van der Waals surface area contributed by atoms with Crippen LogP contribution in [0.3, 0.4) is 0 Å². The summed E-state index contributed by atoms with van der Waals surface area (Å²) in [6.07, 6.45) is 0. The standard InChI is InChI=1S/C10H10N2O3S.C6H8N2O2S/c11-7-2-1-5-3-6(16(14)15)4-8(13)9(5)10(7)12;7-4-1-2-5(8)6(3-4)11(9)10/h1-4,13H,11-12H2,(H,14,15);1-3H,7-8H2,(H,9,10). The molecule has 3 aromatic rings. The number of phenols is 1. The number of nitrogens with two attached hydrogens (primary N) is 4. The van der Waals surface area contributed by atoms with E-state index in [0.29, 0.717) is 22.1 Å². The van der Waals surface area contributed by atoms with Gasteiger partial charge in [0.25, 0.3) is 0 Å². The summed E-state index contributed by atoms with van der Waals surface area (Å²) in [7, 11) is 0. The van der Waals surface area contributed by atoms with Crippen LogP contribution in [0.5, 0.6) is 5.75 Å². The Hall–Kier alpha value is -2.86. The molecule has 0 heterocycles. The second-order valence-corrected chi connectivity index (χ2v) is 7.31. The Kier molecular flexibility index (Phi) is 6.23. The van der Waals surface area contributed by atoms with E-state index in [1.54, 1.807) is 18.2 Å². The number of nitrogen functional groups attached to an aromatic ring is 4. The summed E-state index contributed by atoms with van der Waals surface area (Å²) in [5, 5.41) is 10.7. The fourth-order valence-electron chi connectivity index (χ4n) is 2.26. The molecule has 2 atom stereocenters. The molecule has 3 rings (SSSR count). The third kappa shape index (κ3) is 4.65. The zero-order valence-electron chi connectivity index (χ0n) is 13.8. The van der Waals surface area contributed by atoms with Crippen molar-refractivity contribution in [3.05, 3.63) is 42.5 Å². The minimum atomic E-state index is -2.14.